The molecule has 2 aliphatic heterocycles. The first-order chi connectivity index (χ1) is 13.5. The molecule has 0 unspecified atom stereocenters. The van der Waals surface area contributed by atoms with Gasteiger partial charge in [-0.3, -0.25) is 9.80 Å². The zero-order valence-electron chi connectivity index (χ0n) is 16.0. The van der Waals surface area contributed by atoms with Crippen LogP contribution in [0.3, 0.4) is 0 Å². The Hall–Kier alpha value is -1.92. The van der Waals surface area contributed by atoms with Crippen LogP contribution in [0.25, 0.3) is 0 Å². The van der Waals surface area contributed by atoms with E-state index in [1.807, 2.05) is 13.0 Å². The van der Waals surface area contributed by atoms with E-state index in [2.05, 4.69) is 44.3 Å². The fourth-order valence-electron chi connectivity index (χ4n) is 4.53. The SMILES string of the molecule is CCNC(=O)N1CC2(CCN(Cc3cccc(Br)c3)CC2)c2cc(F)ccc21. The van der Waals surface area contributed by atoms with Crippen LogP contribution in [0.2, 0.25) is 0 Å². The molecular formula is C22H25BrFN3O. The van der Waals surface area contributed by atoms with E-state index in [4.69, 9.17) is 0 Å². The Balaban J connectivity index is 1.53. The molecule has 1 N–H and O–H groups in total. The highest BCUT2D eigenvalue weighted by Crippen LogP contribution is 2.47. The summed E-state index contributed by atoms with van der Waals surface area (Å²) in [5, 5.41) is 2.89. The molecule has 4 rings (SSSR count). The molecular weight excluding hydrogens is 421 g/mol. The number of rotatable bonds is 3. The summed E-state index contributed by atoms with van der Waals surface area (Å²) in [5.74, 6) is -0.229. The first kappa shape index (κ1) is 19.4. The highest BCUT2D eigenvalue weighted by Gasteiger charge is 2.46. The lowest BCUT2D eigenvalue weighted by molar-refractivity contribution is 0.159. The summed E-state index contributed by atoms with van der Waals surface area (Å²) >= 11 is 3.54. The topological polar surface area (TPSA) is 35.6 Å². The zero-order chi connectivity index (χ0) is 19.7. The molecule has 0 aliphatic carbocycles. The van der Waals surface area contributed by atoms with Crippen molar-refractivity contribution in [2.24, 2.45) is 0 Å². The third-order valence-electron chi connectivity index (χ3n) is 5.96. The molecule has 28 heavy (non-hydrogen) atoms. The number of likely N-dealkylation sites (tertiary alicyclic amines) is 1. The third kappa shape index (κ3) is 3.67. The first-order valence-electron chi connectivity index (χ1n) is 9.83. The number of urea groups is 1. The van der Waals surface area contributed by atoms with E-state index in [0.29, 0.717) is 13.1 Å². The van der Waals surface area contributed by atoms with Crippen LogP contribution in [0.1, 0.15) is 30.9 Å². The maximum Gasteiger partial charge on any atom is 0.321 e. The number of halogens is 2. The van der Waals surface area contributed by atoms with E-state index in [-0.39, 0.29) is 17.3 Å². The molecule has 2 amide bonds. The van der Waals surface area contributed by atoms with Crippen molar-refractivity contribution in [2.45, 2.75) is 31.7 Å². The lowest BCUT2D eigenvalue weighted by atomic mass is 9.74. The number of nitrogens with zero attached hydrogens (tertiary/aromatic N) is 2. The summed E-state index contributed by atoms with van der Waals surface area (Å²) in [6.45, 7) is 5.90. The van der Waals surface area contributed by atoms with Gasteiger partial charge in [-0.15, -0.1) is 0 Å². The maximum atomic E-state index is 14.0. The van der Waals surface area contributed by atoms with Gasteiger partial charge in [-0.05, 0) is 74.3 Å². The summed E-state index contributed by atoms with van der Waals surface area (Å²) in [4.78, 5) is 16.8. The summed E-state index contributed by atoms with van der Waals surface area (Å²) in [7, 11) is 0. The van der Waals surface area contributed by atoms with E-state index in [1.165, 1.54) is 11.6 Å². The van der Waals surface area contributed by atoms with Gasteiger partial charge in [-0.2, -0.15) is 0 Å². The minimum absolute atomic E-state index is 0.0937. The Morgan fingerprint density at radius 3 is 2.71 bits per heavy atom. The van der Waals surface area contributed by atoms with Gasteiger partial charge in [0.25, 0.3) is 0 Å². The van der Waals surface area contributed by atoms with E-state index >= 15 is 0 Å². The summed E-state index contributed by atoms with van der Waals surface area (Å²) in [5.41, 5.74) is 2.97. The predicted octanol–water partition coefficient (Wildman–Crippen LogP) is 4.67. The molecule has 1 spiro atoms. The van der Waals surface area contributed by atoms with E-state index in [0.717, 1.165) is 48.2 Å². The first-order valence-corrected chi connectivity index (χ1v) is 10.6. The van der Waals surface area contributed by atoms with Crippen molar-refractivity contribution in [2.75, 3.05) is 31.1 Å². The minimum atomic E-state index is -0.229. The Morgan fingerprint density at radius 1 is 1.21 bits per heavy atom. The standard InChI is InChI=1S/C22H25BrFN3O/c1-2-25-21(28)27-15-22(19-13-18(24)6-7-20(19)27)8-10-26(11-9-22)14-16-4-3-5-17(23)12-16/h3-7,12-13H,2,8-11,14-15H2,1H3,(H,25,28). The highest BCUT2D eigenvalue weighted by atomic mass is 79.9. The van der Waals surface area contributed by atoms with Gasteiger partial charge >= 0.3 is 6.03 Å². The molecule has 2 aliphatic rings. The number of hydrogen-bond acceptors (Lipinski definition) is 2. The van der Waals surface area contributed by atoms with Crippen molar-refractivity contribution < 1.29 is 9.18 Å². The molecule has 0 bridgehead atoms. The van der Waals surface area contributed by atoms with Crippen molar-refractivity contribution in [1.29, 1.82) is 0 Å². The Labute approximate surface area is 173 Å². The number of anilines is 1. The molecule has 148 valence electrons. The average Bonchev–Trinajstić information content (AvgIpc) is 2.98. The normalized spacial score (nSPS) is 18.3. The van der Waals surface area contributed by atoms with Crippen molar-refractivity contribution in [3.05, 3.63) is 63.9 Å². The Kier molecular flexibility index (Phi) is 5.43. The van der Waals surface area contributed by atoms with Gasteiger partial charge in [0.15, 0.2) is 0 Å². The number of carbonyl (C=O) groups excluding carboxylic acids is 1. The quantitative estimate of drug-likeness (QED) is 0.744. The molecule has 1 fully saturated rings. The van der Waals surface area contributed by atoms with Crippen molar-refractivity contribution >= 4 is 27.6 Å². The van der Waals surface area contributed by atoms with E-state index in [9.17, 15) is 9.18 Å². The smallest absolute Gasteiger partial charge is 0.321 e. The van der Waals surface area contributed by atoms with E-state index < -0.39 is 0 Å². The lowest BCUT2D eigenvalue weighted by Crippen LogP contribution is -2.47. The molecule has 2 heterocycles. The van der Waals surface area contributed by atoms with Crippen LogP contribution in [0, 0.1) is 5.82 Å². The highest BCUT2D eigenvalue weighted by molar-refractivity contribution is 9.10. The summed E-state index contributed by atoms with van der Waals surface area (Å²) < 4.78 is 15.1. The lowest BCUT2D eigenvalue weighted by Gasteiger charge is -2.40. The second-order valence-electron chi connectivity index (χ2n) is 7.77. The molecule has 1 saturated heterocycles. The second-order valence-corrected chi connectivity index (χ2v) is 8.69. The molecule has 0 radical (unpaired) electrons. The van der Waals surface area contributed by atoms with Gasteiger partial charge in [-0.25, -0.2) is 9.18 Å². The van der Waals surface area contributed by atoms with Gasteiger partial charge in [0.2, 0.25) is 0 Å². The molecule has 0 saturated carbocycles. The van der Waals surface area contributed by atoms with E-state index in [1.54, 1.807) is 17.0 Å². The number of piperidine rings is 1. The van der Waals surface area contributed by atoms with Crippen LogP contribution in [0.5, 0.6) is 0 Å². The van der Waals surface area contributed by atoms with Crippen molar-refractivity contribution in [1.82, 2.24) is 10.2 Å². The number of carbonyl (C=O) groups is 1. The van der Waals surface area contributed by atoms with Crippen LogP contribution in [0.4, 0.5) is 14.9 Å². The van der Waals surface area contributed by atoms with Crippen molar-refractivity contribution in [3.63, 3.8) is 0 Å². The van der Waals surface area contributed by atoms with Gasteiger partial charge in [0.05, 0.1) is 0 Å². The molecule has 2 aromatic carbocycles. The molecule has 6 heteroatoms. The Morgan fingerprint density at radius 2 is 2.00 bits per heavy atom. The molecule has 2 aromatic rings. The number of amides is 2. The van der Waals surface area contributed by atoms with Gasteiger partial charge in [-0.1, -0.05) is 28.1 Å². The van der Waals surface area contributed by atoms with Crippen LogP contribution in [-0.2, 0) is 12.0 Å². The third-order valence-corrected chi connectivity index (χ3v) is 6.46. The Bertz CT molecular complexity index is 880. The van der Waals surface area contributed by atoms with Gasteiger partial charge in [0.1, 0.15) is 5.82 Å². The minimum Gasteiger partial charge on any atom is -0.338 e. The predicted molar refractivity (Wildman–Crippen MR) is 113 cm³/mol. The maximum absolute atomic E-state index is 14.0. The summed E-state index contributed by atoms with van der Waals surface area (Å²) in [6.07, 6.45) is 1.85. The molecule has 0 atom stereocenters. The van der Waals surface area contributed by atoms with Crippen LogP contribution < -0.4 is 10.2 Å². The fourth-order valence-corrected chi connectivity index (χ4v) is 4.98. The second kappa shape index (κ2) is 7.84. The molecule has 0 aromatic heterocycles. The van der Waals surface area contributed by atoms with Crippen LogP contribution in [-0.4, -0.2) is 37.1 Å². The van der Waals surface area contributed by atoms with Gasteiger partial charge in [0, 0.05) is 35.2 Å². The van der Waals surface area contributed by atoms with Gasteiger partial charge < -0.3 is 5.32 Å². The average molecular weight is 446 g/mol. The van der Waals surface area contributed by atoms with Crippen molar-refractivity contribution in [3.8, 4) is 0 Å². The monoisotopic (exact) mass is 445 g/mol. The van der Waals surface area contributed by atoms with Crippen LogP contribution >= 0.6 is 15.9 Å². The molecule has 4 nitrogen and oxygen atoms in total. The number of nitrogens with one attached hydrogen (secondary N) is 1. The largest absolute Gasteiger partial charge is 0.338 e. The summed E-state index contributed by atoms with van der Waals surface area (Å²) in [6, 6.07) is 13.1. The van der Waals surface area contributed by atoms with Crippen LogP contribution in [0.15, 0.2) is 46.9 Å². The fraction of sp³-hybridized carbons (Fsp3) is 0.409. The number of benzene rings is 2. The number of hydrogen-bond donors (Lipinski definition) is 1. The zero-order valence-corrected chi connectivity index (χ0v) is 17.6. The number of fused-ring (bicyclic) bond motifs is 2.